The number of aromatic carboxylic acids is 1. The average Bonchev–Trinajstić information content (AvgIpc) is 2.90. The van der Waals surface area contributed by atoms with Crippen molar-refractivity contribution < 1.29 is 19.1 Å². The highest BCUT2D eigenvalue weighted by molar-refractivity contribution is 5.97. The van der Waals surface area contributed by atoms with Crippen LogP contribution in [0.15, 0.2) is 18.2 Å². The summed E-state index contributed by atoms with van der Waals surface area (Å²) >= 11 is 0. The van der Waals surface area contributed by atoms with Gasteiger partial charge >= 0.3 is 5.97 Å². The van der Waals surface area contributed by atoms with Crippen molar-refractivity contribution >= 4 is 17.6 Å². The van der Waals surface area contributed by atoms with Gasteiger partial charge in [0.1, 0.15) is 5.82 Å². The van der Waals surface area contributed by atoms with Gasteiger partial charge in [0.25, 0.3) is 0 Å². The van der Waals surface area contributed by atoms with Crippen LogP contribution in [0, 0.1) is 11.2 Å². The molecule has 1 atom stereocenters. The second-order valence-electron chi connectivity index (χ2n) is 5.01. The van der Waals surface area contributed by atoms with Gasteiger partial charge < -0.3 is 15.7 Å². The fourth-order valence-electron chi connectivity index (χ4n) is 2.43. The minimum absolute atomic E-state index is 0.159. The molecule has 1 aliphatic heterocycles. The smallest absolute Gasteiger partial charge is 0.338 e. The fourth-order valence-corrected chi connectivity index (χ4v) is 2.43. The third-order valence-corrected chi connectivity index (χ3v) is 3.86. The highest BCUT2D eigenvalue weighted by Gasteiger charge is 2.39. The Labute approximate surface area is 116 Å². The Morgan fingerprint density at radius 2 is 2.25 bits per heavy atom. The number of rotatable bonds is 4. The van der Waals surface area contributed by atoms with E-state index in [1.807, 2.05) is 6.92 Å². The molecule has 0 spiro atoms. The molecule has 1 amide bonds. The Bertz CT molecular complexity index is 539. The number of halogens is 1. The van der Waals surface area contributed by atoms with Crippen LogP contribution in [0.4, 0.5) is 10.1 Å². The molecule has 0 bridgehead atoms. The molecular weight excluding hydrogens is 263 g/mol. The van der Waals surface area contributed by atoms with Gasteiger partial charge in [-0.25, -0.2) is 9.18 Å². The van der Waals surface area contributed by atoms with Gasteiger partial charge in [-0.15, -0.1) is 0 Å². The number of carboxylic acids is 1. The molecule has 1 heterocycles. The van der Waals surface area contributed by atoms with E-state index in [-0.39, 0.29) is 5.91 Å². The number of hydrogen-bond donors (Lipinski definition) is 3. The molecule has 1 aromatic rings. The van der Waals surface area contributed by atoms with Crippen LogP contribution in [0.1, 0.15) is 30.1 Å². The van der Waals surface area contributed by atoms with E-state index >= 15 is 0 Å². The van der Waals surface area contributed by atoms with Crippen molar-refractivity contribution in [2.75, 3.05) is 18.4 Å². The summed E-state index contributed by atoms with van der Waals surface area (Å²) in [6, 6.07) is 3.55. The van der Waals surface area contributed by atoms with Gasteiger partial charge in [0.2, 0.25) is 5.91 Å². The number of hydrogen-bond acceptors (Lipinski definition) is 3. The second-order valence-corrected chi connectivity index (χ2v) is 5.01. The van der Waals surface area contributed by atoms with Crippen LogP contribution in [0.25, 0.3) is 0 Å². The summed E-state index contributed by atoms with van der Waals surface area (Å²) in [5.41, 5.74) is -0.621. The molecule has 1 saturated heterocycles. The lowest BCUT2D eigenvalue weighted by Gasteiger charge is -2.25. The van der Waals surface area contributed by atoms with Crippen molar-refractivity contribution in [3.63, 3.8) is 0 Å². The lowest BCUT2D eigenvalue weighted by atomic mass is 9.83. The van der Waals surface area contributed by atoms with Crippen LogP contribution in [-0.2, 0) is 4.79 Å². The Balaban J connectivity index is 2.19. The maximum atomic E-state index is 13.3. The maximum absolute atomic E-state index is 13.3. The van der Waals surface area contributed by atoms with Crippen molar-refractivity contribution in [1.82, 2.24) is 5.32 Å². The molecule has 0 aliphatic carbocycles. The van der Waals surface area contributed by atoms with Crippen molar-refractivity contribution in [3.05, 3.63) is 29.6 Å². The number of nitrogens with one attached hydrogen (secondary N) is 2. The van der Waals surface area contributed by atoms with Gasteiger partial charge in [-0.05, 0) is 37.6 Å². The summed E-state index contributed by atoms with van der Waals surface area (Å²) in [4.78, 5) is 23.2. The highest BCUT2D eigenvalue weighted by Crippen LogP contribution is 2.31. The van der Waals surface area contributed by atoms with Crippen molar-refractivity contribution in [2.24, 2.45) is 5.41 Å². The van der Waals surface area contributed by atoms with E-state index in [9.17, 15) is 14.0 Å². The van der Waals surface area contributed by atoms with E-state index in [0.717, 1.165) is 25.1 Å². The minimum atomic E-state index is -1.36. The first-order valence-corrected chi connectivity index (χ1v) is 6.53. The molecule has 1 aromatic carbocycles. The van der Waals surface area contributed by atoms with Crippen LogP contribution in [-0.4, -0.2) is 30.1 Å². The first kappa shape index (κ1) is 14.5. The van der Waals surface area contributed by atoms with Crippen LogP contribution in [0.3, 0.4) is 0 Å². The van der Waals surface area contributed by atoms with Crippen LogP contribution in [0.5, 0.6) is 0 Å². The van der Waals surface area contributed by atoms with Crippen molar-refractivity contribution in [2.45, 2.75) is 19.8 Å². The lowest BCUT2D eigenvalue weighted by molar-refractivity contribution is -0.124. The zero-order chi connectivity index (χ0) is 14.8. The Hall–Kier alpha value is -1.95. The topological polar surface area (TPSA) is 78.4 Å². The Morgan fingerprint density at radius 3 is 2.80 bits per heavy atom. The van der Waals surface area contributed by atoms with Crippen LogP contribution in [0.2, 0.25) is 0 Å². The molecule has 1 unspecified atom stereocenters. The number of benzene rings is 1. The lowest BCUT2D eigenvalue weighted by Crippen LogP contribution is -2.37. The van der Waals surface area contributed by atoms with E-state index in [1.165, 1.54) is 6.07 Å². The monoisotopic (exact) mass is 280 g/mol. The standard InChI is InChI=1S/C14H17FN2O3/c1-2-14(5-6-16-8-14)13(20)17-9-3-4-11(15)10(7-9)12(18)19/h3-4,7,16H,2,5-6,8H2,1H3,(H,17,20)(H,18,19). The van der Waals surface area contributed by atoms with Gasteiger partial charge in [0, 0.05) is 12.2 Å². The first-order chi connectivity index (χ1) is 9.48. The molecule has 0 aromatic heterocycles. The largest absolute Gasteiger partial charge is 0.478 e. The van der Waals surface area contributed by atoms with Crippen LogP contribution < -0.4 is 10.6 Å². The first-order valence-electron chi connectivity index (χ1n) is 6.53. The number of carbonyl (C=O) groups is 2. The van der Waals surface area contributed by atoms with Gasteiger partial charge in [-0.1, -0.05) is 6.92 Å². The van der Waals surface area contributed by atoms with Crippen LogP contribution >= 0.6 is 0 Å². The fraction of sp³-hybridized carbons (Fsp3) is 0.429. The molecule has 1 fully saturated rings. The summed E-state index contributed by atoms with van der Waals surface area (Å²) in [6.45, 7) is 3.33. The molecule has 3 N–H and O–H groups in total. The maximum Gasteiger partial charge on any atom is 0.338 e. The third-order valence-electron chi connectivity index (χ3n) is 3.86. The molecule has 20 heavy (non-hydrogen) atoms. The average molecular weight is 280 g/mol. The Kier molecular flexibility index (Phi) is 4.04. The predicted molar refractivity (Wildman–Crippen MR) is 72.2 cm³/mol. The number of carbonyl (C=O) groups excluding carboxylic acids is 1. The van der Waals surface area contributed by atoms with E-state index in [4.69, 9.17) is 5.11 Å². The zero-order valence-electron chi connectivity index (χ0n) is 11.2. The van der Waals surface area contributed by atoms with Gasteiger partial charge in [-0.2, -0.15) is 0 Å². The molecule has 0 radical (unpaired) electrons. The summed E-state index contributed by atoms with van der Waals surface area (Å²) in [6.07, 6.45) is 1.43. The quantitative estimate of drug-likeness (QED) is 0.786. The summed E-state index contributed by atoms with van der Waals surface area (Å²) < 4.78 is 13.3. The molecule has 6 heteroatoms. The zero-order valence-corrected chi connectivity index (χ0v) is 11.2. The summed E-state index contributed by atoms with van der Waals surface area (Å²) in [5.74, 6) is -2.33. The van der Waals surface area contributed by atoms with E-state index < -0.39 is 22.8 Å². The normalized spacial score (nSPS) is 21.7. The van der Waals surface area contributed by atoms with Crippen molar-refractivity contribution in [1.29, 1.82) is 0 Å². The summed E-state index contributed by atoms with van der Waals surface area (Å²) in [5, 5.41) is 14.7. The number of amides is 1. The van der Waals surface area contributed by atoms with E-state index in [0.29, 0.717) is 18.7 Å². The molecule has 2 rings (SSSR count). The molecule has 0 saturated carbocycles. The van der Waals surface area contributed by atoms with Gasteiger partial charge in [0.15, 0.2) is 0 Å². The number of anilines is 1. The minimum Gasteiger partial charge on any atom is -0.478 e. The second kappa shape index (κ2) is 5.58. The third kappa shape index (κ3) is 2.65. The molecule has 1 aliphatic rings. The van der Waals surface area contributed by atoms with Gasteiger partial charge in [0.05, 0.1) is 11.0 Å². The number of carboxylic acid groups (broad SMARTS) is 1. The molecule has 108 valence electrons. The van der Waals surface area contributed by atoms with E-state index in [2.05, 4.69) is 10.6 Å². The Morgan fingerprint density at radius 1 is 1.50 bits per heavy atom. The molecule has 5 nitrogen and oxygen atoms in total. The highest BCUT2D eigenvalue weighted by atomic mass is 19.1. The van der Waals surface area contributed by atoms with Gasteiger partial charge in [-0.3, -0.25) is 4.79 Å². The molecular formula is C14H17FN2O3. The van der Waals surface area contributed by atoms with Crippen molar-refractivity contribution in [3.8, 4) is 0 Å². The SMILES string of the molecule is CCC1(C(=O)Nc2ccc(F)c(C(=O)O)c2)CCNC1. The predicted octanol–water partition coefficient (Wildman–Crippen LogP) is 1.85. The summed E-state index contributed by atoms with van der Waals surface area (Å²) in [7, 11) is 0. The van der Waals surface area contributed by atoms with E-state index in [1.54, 1.807) is 0 Å².